The first-order valence-electron chi connectivity index (χ1n) is 5.07. The summed E-state index contributed by atoms with van der Waals surface area (Å²) in [6, 6.07) is 0. The summed E-state index contributed by atoms with van der Waals surface area (Å²) in [7, 11) is 0. The van der Waals surface area contributed by atoms with Crippen LogP contribution in [-0.2, 0) is 0 Å². The first kappa shape index (κ1) is 11.9. The largest absolute Gasteiger partial charge is 0.139 e. The highest BCUT2D eigenvalue weighted by Gasteiger charge is 2.64. The molecule has 0 N–H and O–H groups in total. The van der Waals surface area contributed by atoms with Crippen LogP contribution in [0.25, 0.3) is 0 Å². The maximum absolute atomic E-state index is 6.04. The van der Waals surface area contributed by atoms with Gasteiger partial charge in [0, 0.05) is 5.92 Å². The van der Waals surface area contributed by atoms with E-state index in [1.807, 2.05) is 0 Å². The fraction of sp³-hybridized carbons (Fsp3) is 1.00. The number of rotatable bonds is 5. The van der Waals surface area contributed by atoms with Crippen LogP contribution in [0.4, 0.5) is 0 Å². The lowest BCUT2D eigenvalue weighted by molar-refractivity contribution is 0.399. The van der Waals surface area contributed by atoms with E-state index in [0.717, 1.165) is 6.42 Å². The third-order valence-electron chi connectivity index (χ3n) is 2.98. The van der Waals surface area contributed by atoms with Crippen LogP contribution >= 0.6 is 34.8 Å². The molecule has 1 aliphatic carbocycles. The zero-order valence-corrected chi connectivity index (χ0v) is 10.5. The molecule has 0 aromatic heterocycles. The molecule has 0 aromatic carbocycles. The minimum absolute atomic E-state index is 0.0300. The summed E-state index contributed by atoms with van der Waals surface area (Å²) in [6.07, 6.45) is 4.83. The maximum Gasteiger partial charge on any atom is 0.139 e. The van der Waals surface area contributed by atoms with Crippen LogP contribution in [0.1, 0.15) is 39.5 Å². The molecular weight excluding hydrogens is 226 g/mol. The lowest BCUT2D eigenvalue weighted by Crippen LogP contribution is -2.06. The van der Waals surface area contributed by atoms with Crippen molar-refractivity contribution < 1.29 is 0 Å². The number of unbranched alkanes of at least 4 members (excludes halogenated alkanes) is 1. The molecule has 0 spiro atoms. The van der Waals surface area contributed by atoms with Crippen LogP contribution < -0.4 is 0 Å². The van der Waals surface area contributed by atoms with Gasteiger partial charge in [0.1, 0.15) is 4.33 Å². The number of alkyl halides is 3. The quantitative estimate of drug-likeness (QED) is 0.619. The molecule has 0 aromatic rings. The van der Waals surface area contributed by atoms with E-state index >= 15 is 0 Å². The van der Waals surface area contributed by atoms with Crippen LogP contribution in [0, 0.1) is 11.8 Å². The molecule has 0 bridgehead atoms. The Morgan fingerprint density at radius 2 is 1.85 bits per heavy atom. The van der Waals surface area contributed by atoms with E-state index in [1.165, 1.54) is 19.3 Å². The average Bonchev–Trinajstić information content (AvgIpc) is 2.56. The van der Waals surface area contributed by atoms with Crippen molar-refractivity contribution in [2.24, 2.45) is 11.8 Å². The molecule has 0 saturated heterocycles. The minimum Gasteiger partial charge on any atom is -0.119 e. The van der Waals surface area contributed by atoms with E-state index in [1.54, 1.807) is 0 Å². The zero-order valence-electron chi connectivity index (χ0n) is 8.19. The summed E-state index contributed by atoms with van der Waals surface area (Å²) in [5, 5.41) is -0.0300. The van der Waals surface area contributed by atoms with Gasteiger partial charge in [-0.15, -0.1) is 11.6 Å². The van der Waals surface area contributed by atoms with Crippen LogP contribution in [-0.4, -0.2) is 9.71 Å². The van der Waals surface area contributed by atoms with Crippen molar-refractivity contribution in [1.82, 2.24) is 0 Å². The number of halogens is 3. The normalized spacial score (nSPS) is 33.0. The van der Waals surface area contributed by atoms with Gasteiger partial charge in [0.05, 0.1) is 5.38 Å². The van der Waals surface area contributed by atoms with Gasteiger partial charge < -0.3 is 0 Å². The Kier molecular flexibility index (Phi) is 4.22. The van der Waals surface area contributed by atoms with Crippen molar-refractivity contribution in [3.8, 4) is 0 Å². The Morgan fingerprint density at radius 1 is 1.31 bits per heavy atom. The topological polar surface area (TPSA) is 0 Å². The monoisotopic (exact) mass is 242 g/mol. The lowest BCUT2D eigenvalue weighted by atomic mass is 9.94. The van der Waals surface area contributed by atoms with Gasteiger partial charge in [0.15, 0.2) is 0 Å². The summed E-state index contributed by atoms with van der Waals surface area (Å²) >= 11 is 18.1. The molecule has 0 aliphatic heterocycles. The standard InChI is InChI=1S/C10H17Cl3/c1-3-5-6-7(4-2)8-9(11)10(8,12)13/h7-9H,3-6H2,1-2H3. The molecule has 0 amide bonds. The summed E-state index contributed by atoms with van der Waals surface area (Å²) in [5.41, 5.74) is 0. The number of hydrogen-bond acceptors (Lipinski definition) is 0. The first-order chi connectivity index (χ1) is 6.05. The van der Waals surface area contributed by atoms with Gasteiger partial charge in [-0.1, -0.05) is 62.7 Å². The molecular formula is C10H17Cl3. The predicted octanol–water partition coefficient (Wildman–Crippen LogP) is 4.61. The summed E-state index contributed by atoms with van der Waals surface area (Å²) < 4.78 is -0.643. The van der Waals surface area contributed by atoms with Gasteiger partial charge in [-0.3, -0.25) is 0 Å². The van der Waals surface area contributed by atoms with Crippen molar-refractivity contribution in [2.45, 2.75) is 49.2 Å². The molecule has 1 fully saturated rings. The second kappa shape index (κ2) is 4.59. The van der Waals surface area contributed by atoms with Gasteiger partial charge >= 0.3 is 0 Å². The Balaban J connectivity index is 2.41. The Bertz CT molecular complexity index is 168. The Hall–Kier alpha value is 0.870. The van der Waals surface area contributed by atoms with Crippen LogP contribution in [0.5, 0.6) is 0 Å². The van der Waals surface area contributed by atoms with E-state index in [4.69, 9.17) is 34.8 Å². The second-order valence-electron chi connectivity index (χ2n) is 3.91. The summed E-state index contributed by atoms with van der Waals surface area (Å²) in [6.45, 7) is 4.39. The third-order valence-corrected chi connectivity index (χ3v) is 4.79. The van der Waals surface area contributed by atoms with Gasteiger partial charge in [-0.25, -0.2) is 0 Å². The summed E-state index contributed by atoms with van der Waals surface area (Å²) in [5.74, 6) is 0.923. The smallest absolute Gasteiger partial charge is 0.119 e. The fourth-order valence-corrected chi connectivity index (χ4v) is 3.33. The van der Waals surface area contributed by atoms with Crippen LogP contribution in [0.3, 0.4) is 0 Å². The third kappa shape index (κ3) is 2.46. The Labute approximate surface area is 95.9 Å². The van der Waals surface area contributed by atoms with Crippen LogP contribution in [0.15, 0.2) is 0 Å². The van der Waals surface area contributed by atoms with Gasteiger partial charge in [-0.05, 0) is 5.92 Å². The SMILES string of the molecule is CCCCC(CC)C1C(Cl)C1(Cl)Cl. The molecule has 3 heteroatoms. The van der Waals surface area contributed by atoms with E-state index in [0.29, 0.717) is 11.8 Å². The zero-order chi connectivity index (χ0) is 10.1. The number of hydrogen-bond donors (Lipinski definition) is 0. The summed E-state index contributed by atoms with van der Waals surface area (Å²) in [4.78, 5) is 0. The minimum atomic E-state index is -0.643. The maximum atomic E-state index is 6.04. The first-order valence-corrected chi connectivity index (χ1v) is 6.26. The van der Waals surface area contributed by atoms with E-state index < -0.39 is 4.33 Å². The molecule has 0 heterocycles. The average molecular weight is 244 g/mol. The highest BCUT2D eigenvalue weighted by molar-refractivity contribution is 6.56. The molecule has 3 unspecified atom stereocenters. The molecule has 3 atom stereocenters. The molecule has 0 radical (unpaired) electrons. The van der Waals surface area contributed by atoms with Crippen molar-refractivity contribution in [3.05, 3.63) is 0 Å². The van der Waals surface area contributed by atoms with Crippen molar-refractivity contribution in [1.29, 1.82) is 0 Å². The second-order valence-corrected chi connectivity index (χ2v) is 5.83. The van der Waals surface area contributed by atoms with Crippen molar-refractivity contribution in [2.75, 3.05) is 0 Å². The molecule has 13 heavy (non-hydrogen) atoms. The fourth-order valence-electron chi connectivity index (χ4n) is 1.97. The van der Waals surface area contributed by atoms with Gasteiger partial charge in [0.25, 0.3) is 0 Å². The lowest BCUT2D eigenvalue weighted by Gasteiger charge is -2.13. The molecule has 78 valence electrons. The van der Waals surface area contributed by atoms with Gasteiger partial charge in [0.2, 0.25) is 0 Å². The molecule has 1 aliphatic rings. The molecule has 1 saturated carbocycles. The van der Waals surface area contributed by atoms with Crippen molar-refractivity contribution in [3.63, 3.8) is 0 Å². The molecule has 1 rings (SSSR count). The predicted molar refractivity (Wildman–Crippen MR) is 60.9 cm³/mol. The Morgan fingerprint density at radius 3 is 2.15 bits per heavy atom. The highest BCUT2D eigenvalue weighted by Crippen LogP contribution is 2.61. The van der Waals surface area contributed by atoms with E-state index in [2.05, 4.69) is 13.8 Å². The van der Waals surface area contributed by atoms with E-state index in [9.17, 15) is 0 Å². The highest BCUT2D eigenvalue weighted by atomic mass is 35.5. The van der Waals surface area contributed by atoms with Gasteiger partial charge in [-0.2, -0.15) is 0 Å². The molecule has 0 nitrogen and oxygen atoms in total. The van der Waals surface area contributed by atoms with E-state index in [-0.39, 0.29) is 5.38 Å². The van der Waals surface area contributed by atoms with Crippen molar-refractivity contribution >= 4 is 34.8 Å². The van der Waals surface area contributed by atoms with Crippen LogP contribution in [0.2, 0.25) is 0 Å².